The zero-order valence-corrected chi connectivity index (χ0v) is 11.9. The summed E-state index contributed by atoms with van der Waals surface area (Å²) >= 11 is 0. The lowest BCUT2D eigenvalue weighted by Crippen LogP contribution is -2.50. The van der Waals surface area contributed by atoms with Gasteiger partial charge >= 0.3 is 0 Å². The third-order valence-electron chi connectivity index (χ3n) is 3.67. The largest absolute Gasteiger partial charge is 0.377 e. The molecule has 0 aromatic carbocycles. The number of hydrogen-bond donors (Lipinski definition) is 1. The van der Waals surface area contributed by atoms with Gasteiger partial charge in [-0.3, -0.25) is 4.90 Å². The molecule has 0 aromatic rings. The van der Waals surface area contributed by atoms with Crippen molar-refractivity contribution in [1.82, 2.24) is 4.90 Å². The molecule has 1 aliphatic heterocycles. The Balaban J connectivity index is 2.35. The lowest BCUT2D eigenvalue weighted by molar-refractivity contribution is -0.0709. The predicted octanol–water partition coefficient (Wildman–Crippen LogP) is 1.24. The quantitative estimate of drug-likeness (QED) is 0.790. The Hall–Kier alpha value is -0.160. The molecule has 1 fully saturated rings. The Morgan fingerprint density at radius 1 is 1.35 bits per heavy atom. The molecular weight excluding hydrogens is 216 g/mol. The van der Waals surface area contributed by atoms with Crippen LogP contribution >= 0.6 is 0 Å². The van der Waals surface area contributed by atoms with Crippen molar-refractivity contribution in [2.75, 3.05) is 26.7 Å². The highest BCUT2D eigenvalue weighted by Gasteiger charge is 2.28. The minimum atomic E-state index is -0.247. The third-order valence-corrected chi connectivity index (χ3v) is 3.67. The van der Waals surface area contributed by atoms with Crippen molar-refractivity contribution < 1.29 is 9.47 Å². The summed E-state index contributed by atoms with van der Waals surface area (Å²) in [5, 5.41) is 0. The van der Waals surface area contributed by atoms with E-state index in [-0.39, 0.29) is 11.6 Å². The van der Waals surface area contributed by atoms with Crippen LogP contribution in [0.3, 0.4) is 0 Å². The minimum Gasteiger partial charge on any atom is -0.377 e. The third kappa shape index (κ3) is 4.54. The molecule has 0 saturated carbocycles. The van der Waals surface area contributed by atoms with E-state index < -0.39 is 0 Å². The maximum absolute atomic E-state index is 6.17. The molecule has 1 heterocycles. The topological polar surface area (TPSA) is 47.7 Å². The van der Waals surface area contributed by atoms with Crippen molar-refractivity contribution >= 4 is 0 Å². The zero-order chi connectivity index (χ0) is 13.1. The molecule has 0 bridgehead atoms. The van der Waals surface area contributed by atoms with Gasteiger partial charge in [-0.1, -0.05) is 0 Å². The van der Waals surface area contributed by atoms with Crippen molar-refractivity contribution in [2.24, 2.45) is 5.73 Å². The zero-order valence-electron chi connectivity index (χ0n) is 11.9. The Labute approximate surface area is 105 Å². The molecule has 102 valence electrons. The Bertz CT molecular complexity index is 223. The van der Waals surface area contributed by atoms with E-state index in [1.165, 1.54) is 0 Å². The van der Waals surface area contributed by atoms with Crippen LogP contribution in [0.1, 0.15) is 34.1 Å². The fraction of sp³-hybridized carbons (Fsp3) is 1.00. The monoisotopic (exact) mass is 244 g/mol. The molecule has 2 N–H and O–H groups in total. The molecule has 0 aliphatic carbocycles. The molecule has 1 aliphatic rings. The van der Waals surface area contributed by atoms with Gasteiger partial charge < -0.3 is 15.2 Å². The Morgan fingerprint density at radius 2 is 1.88 bits per heavy atom. The SMILES string of the molecule is COC(C)(C)C(N)CCN1C[C@@H](C)O[C@@H](C)C1. The molecule has 0 spiro atoms. The second kappa shape index (κ2) is 6.14. The second-order valence-electron chi connectivity index (χ2n) is 5.72. The summed E-state index contributed by atoms with van der Waals surface area (Å²) in [4.78, 5) is 2.43. The van der Waals surface area contributed by atoms with Crippen molar-refractivity contribution in [3.63, 3.8) is 0 Å². The van der Waals surface area contributed by atoms with Gasteiger partial charge in [0.25, 0.3) is 0 Å². The molecule has 3 atom stereocenters. The van der Waals surface area contributed by atoms with Gasteiger partial charge in [-0.25, -0.2) is 0 Å². The fourth-order valence-corrected chi connectivity index (χ4v) is 2.29. The van der Waals surface area contributed by atoms with Gasteiger partial charge in [0.2, 0.25) is 0 Å². The van der Waals surface area contributed by atoms with Gasteiger partial charge in [0.15, 0.2) is 0 Å². The summed E-state index contributed by atoms with van der Waals surface area (Å²) in [6, 6.07) is 0.0703. The molecule has 1 unspecified atom stereocenters. The fourth-order valence-electron chi connectivity index (χ4n) is 2.29. The van der Waals surface area contributed by atoms with E-state index in [0.29, 0.717) is 12.2 Å². The molecule has 0 radical (unpaired) electrons. The molecule has 1 rings (SSSR count). The maximum atomic E-state index is 6.17. The first-order chi connectivity index (χ1) is 7.85. The normalized spacial score (nSPS) is 29.3. The van der Waals surface area contributed by atoms with E-state index >= 15 is 0 Å². The van der Waals surface area contributed by atoms with E-state index in [2.05, 4.69) is 18.7 Å². The van der Waals surface area contributed by atoms with Crippen molar-refractivity contribution in [1.29, 1.82) is 0 Å². The van der Waals surface area contributed by atoms with Crippen LogP contribution < -0.4 is 5.73 Å². The van der Waals surface area contributed by atoms with Crippen LogP contribution in [0.2, 0.25) is 0 Å². The highest BCUT2D eigenvalue weighted by atomic mass is 16.5. The Kier molecular flexibility index (Phi) is 5.38. The van der Waals surface area contributed by atoms with E-state index in [1.54, 1.807) is 7.11 Å². The van der Waals surface area contributed by atoms with Gasteiger partial charge in [0, 0.05) is 26.2 Å². The van der Waals surface area contributed by atoms with Gasteiger partial charge in [0.05, 0.1) is 17.8 Å². The summed E-state index contributed by atoms with van der Waals surface area (Å²) in [5.41, 5.74) is 5.92. The Morgan fingerprint density at radius 3 is 2.35 bits per heavy atom. The van der Waals surface area contributed by atoms with Crippen molar-refractivity contribution in [3.05, 3.63) is 0 Å². The average molecular weight is 244 g/mol. The highest BCUT2D eigenvalue weighted by molar-refractivity contribution is 4.84. The summed E-state index contributed by atoms with van der Waals surface area (Å²) in [6.45, 7) is 11.4. The van der Waals surface area contributed by atoms with E-state index in [1.807, 2.05) is 13.8 Å². The van der Waals surface area contributed by atoms with E-state index in [9.17, 15) is 0 Å². The first-order valence-electron chi connectivity index (χ1n) is 6.53. The van der Waals surface area contributed by atoms with E-state index in [4.69, 9.17) is 15.2 Å². The van der Waals surface area contributed by atoms with Gasteiger partial charge in [-0.05, 0) is 40.7 Å². The van der Waals surface area contributed by atoms with Gasteiger partial charge in [-0.2, -0.15) is 0 Å². The molecule has 1 saturated heterocycles. The van der Waals surface area contributed by atoms with Crippen LogP contribution in [-0.2, 0) is 9.47 Å². The molecule has 0 amide bonds. The predicted molar refractivity (Wildman–Crippen MR) is 70.1 cm³/mol. The van der Waals surface area contributed by atoms with Crippen LogP contribution in [0.5, 0.6) is 0 Å². The summed E-state index contributed by atoms with van der Waals surface area (Å²) < 4.78 is 11.1. The highest BCUT2D eigenvalue weighted by Crippen LogP contribution is 2.16. The van der Waals surface area contributed by atoms with Crippen molar-refractivity contribution in [3.8, 4) is 0 Å². The average Bonchev–Trinajstić information content (AvgIpc) is 2.24. The van der Waals surface area contributed by atoms with Crippen LogP contribution in [0.15, 0.2) is 0 Å². The van der Waals surface area contributed by atoms with Crippen molar-refractivity contribution in [2.45, 2.75) is 58.0 Å². The number of rotatable bonds is 5. The lowest BCUT2D eigenvalue weighted by atomic mass is 9.96. The van der Waals surface area contributed by atoms with Crippen LogP contribution in [0.4, 0.5) is 0 Å². The summed E-state index contributed by atoms with van der Waals surface area (Å²) in [6.07, 6.45) is 1.61. The second-order valence-corrected chi connectivity index (χ2v) is 5.72. The molecule has 4 nitrogen and oxygen atoms in total. The first-order valence-corrected chi connectivity index (χ1v) is 6.53. The number of methoxy groups -OCH3 is 1. The molecule has 0 aromatic heterocycles. The van der Waals surface area contributed by atoms with Crippen LogP contribution in [0.25, 0.3) is 0 Å². The van der Waals surface area contributed by atoms with E-state index in [0.717, 1.165) is 26.1 Å². The van der Waals surface area contributed by atoms with Gasteiger partial charge in [0.1, 0.15) is 0 Å². The molecule has 17 heavy (non-hydrogen) atoms. The number of ether oxygens (including phenoxy) is 2. The number of nitrogens with zero attached hydrogens (tertiary/aromatic N) is 1. The summed E-state index contributed by atoms with van der Waals surface area (Å²) in [5.74, 6) is 0. The summed E-state index contributed by atoms with van der Waals surface area (Å²) in [7, 11) is 1.72. The van der Waals surface area contributed by atoms with Crippen LogP contribution in [0, 0.1) is 0 Å². The van der Waals surface area contributed by atoms with Crippen LogP contribution in [-0.4, -0.2) is 55.5 Å². The number of hydrogen-bond acceptors (Lipinski definition) is 4. The smallest absolute Gasteiger partial charge is 0.0773 e. The standard InChI is InChI=1S/C13H28N2O2/c1-10-8-15(9-11(2)17-10)7-6-12(14)13(3,4)16-5/h10-12H,6-9,14H2,1-5H3/t10-,11+,12?. The lowest BCUT2D eigenvalue weighted by Gasteiger charge is -2.37. The molecule has 4 heteroatoms. The number of morpholine rings is 1. The number of nitrogens with two attached hydrogens (primary N) is 1. The van der Waals surface area contributed by atoms with Gasteiger partial charge in [-0.15, -0.1) is 0 Å². The first kappa shape index (κ1) is 14.9. The maximum Gasteiger partial charge on any atom is 0.0773 e. The molecular formula is C13H28N2O2. The minimum absolute atomic E-state index is 0.0703.